The van der Waals surface area contributed by atoms with Gasteiger partial charge in [-0.25, -0.2) is 0 Å². The lowest BCUT2D eigenvalue weighted by molar-refractivity contribution is 0.474. The first kappa shape index (κ1) is 14.0. The van der Waals surface area contributed by atoms with Gasteiger partial charge in [-0.15, -0.1) is 0 Å². The van der Waals surface area contributed by atoms with Crippen LogP contribution in [0.1, 0.15) is 63.0 Å². The number of benzene rings is 1. The van der Waals surface area contributed by atoms with Crippen LogP contribution < -0.4 is 5.73 Å². The molecule has 19 heavy (non-hydrogen) atoms. The third kappa shape index (κ3) is 3.52. The van der Waals surface area contributed by atoms with Crippen molar-refractivity contribution in [1.29, 1.82) is 0 Å². The van der Waals surface area contributed by atoms with Crippen LogP contribution in [-0.4, -0.2) is 5.11 Å². The maximum atomic E-state index is 9.63. The summed E-state index contributed by atoms with van der Waals surface area (Å²) >= 11 is 0. The Labute approximate surface area is 116 Å². The van der Waals surface area contributed by atoms with E-state index in [0.29, 0.717) is 5.75 Å². The van der Waals surface area contributed by atoms with Gasteiger partial charge >= 0.3 is 0 Å². The van der Waals surface area contributed by atoms with Crippen molar-refractivity contribution >= 4 is 5.57 Å². The zero-order valence-corrected chi connectivity index (χ0v) is 11.9. The number of phenols is 1. The van der Waals surface area contributed by atoms with E-state index in [0.717, 1.165) is 31.4 Å². The highest BCUT2D eigenvalue weighted by molar-refractivity contribution is 5.72. The largest absolute Gasteiger partial charge is 0.508 e. The Hall–Kier alpha value is -1.44. The number of hydrogen-bond acceptors (Lipinski definition) is 2. The van der Waals surface area contributed by atoms with Crippen LogP contribution in [0.2, 0.25) is 0 Å². The maximum absolute atomic E-state index is 9.63. The van der Waals surface area contributed by atoms with Gasteiger partial charge in [-0.05, 0) is 60.9 Å². The maximum Gasteiger partial charge on any atom is 0.115 e. The molecule has 0 aliphatic heterocycles. The molecular formula is C17H25NO. The van der Waals surface area contributed by atoms with Crippen molar-refractivity contribution in [3.8, 4) is 5.75 Å². The Bertz CT molecular complexity index is 462. The predicted octanol–water partition coefficient (Wildman–Crippen LogP) is 4.37. The highest BCUT2D eigenvalue weighted by atomic mass is 16.3. The lowest BCUT2D eigenvalue weighted by Gasteiger charge is -2.13. The Morgan fingerprint density at radius 2 is 2.00 bits per heavy atom. The average Bonchev–Trinajstić information content (AvgIpc) is 2.54. The molecule has 0 heterocycles. The molecule has 2 nitrogen and oxygen atoms in total. The monoisotopic (exact) mass is 259 g/mol. The molecule has 0 bridgehead atoms. The molecule has 0 fully saturated rings. The summed E-state index contributed by atoms with van der Waals surface area (Å²) in [5.74, 6) is 0.365. The Morgan fingerprint density at radius 1 is 1.16 bits per heavy atom. The summed E-state index contributed by atoms with van der Waals surface area (Å²) in [6, 6.07) is 5.72. The van der Waals surface area contributed by atoms with E-state index in [-0.39, 0.29) is 0 Å². The van der Waals surface area contributed by atoms with E-state index in [1.165, 1.54) is 42.4 Å². The molecule has 0 spiro atoms. The predicted molar refractivity (Wildman–Crippen MR) is 80.9 cm³/mol. The number of aromatic hydroxyl groups is 1. The van der Waals surface area contributed by atoms with Crippen molar-refractivity contribution in [2.75, 3.05) is 0 Å². The van der Waals surface area contributed by atoms with E-state index in [1.807, 2.05) is 12.1 Å². The van der Waals surface area contributed by atoms with Crippen molar-refractivity contribution in [3.05, 3.63) is 35.0 Å². The van der Waals surface area contributed by atoms with Gasteiger partial charge in [0.05, 0.1) is 0 Å². The van der Waals surface area contributed by atoms with E-state index < -0.39 is 0 Å². The van der Waals surface area contributed by atoms with Crippen molar-refractivity contribution in [1.82, 2.24) is 0 Å². The second-order valence-electron chi connectivity index (χ2n) is 5.51. The van der Waals surface area contributed by atoms with Gasteiger partial charge in [0, 0.05) is 5.70 Å². The number of rotatable bonds is 5. The standard InChI is InChI=1S/C17H25NO/c1-2-3-4-5-8-16-15-11-10-14(19)12-13(15)7-6-9-17(16)18/h10-12,19H,2-9,18H2,1H3. The minimum atomic E-state index is 0.365. The number of fused-ring (bicyclic) bond motifs is 1. The molecule has 104 valence electrons. The molecule has 0 saturated heterocycles. The third-order valence-electron chi connectivity index (χ3n) is 3.97. The number of nitrogens with two attached hydrogens (primary N) is 1. The fourth-order valence-electron chi connectivity index (χ4n) is 2.90. The van der Waals surface area contributed by atoms with Crippen LogP contribution in [0.25, 0.3) is 5.57 Å². The van der Waals surface area contributed by atoms with Crippen LogP contribution in [0.15, 0.2) is 23.9 Å². The van der Waals surface area contributed by atoms with Crippen LogP contribution in [-0.2, 0) is 6.42 Å². The second kappa shape index (κ2) is 6.65. The zero-order valence-electron chi connectivity index (χ0n) is 11.9. The van der Waals surface area contributed by atoms with Gasteiger partial charge < -0.3 is 10.8 Å². The van der Waals surface area contributed by atoms with Crippen LogP contribution >= 0.6 is 0 Å². The molecule has 0 atom stereocenters. The lowest BCUT2D eigenvalue weighted by atomic mass is 9.94. The lowest BCUT2D eigenvalue weighted by Crippen LogP contribution is -2.01. The van der Waals surface area contributed by atoms with Gasteiger partial charge in [-0.2, -0.15) is 0 Å². The number of unbranched alkanes of at least 4 members (excludes halogenated alkanes) is 3. The molecule has 2 heteroatoms. The van der Waals surface area contributed by atoms with Crippen LogP contribution in [0.5, 0.6) is 5.75 Å². The van der Waals surface area contributed by atoms with Gasteiger partial charge in [0.2, 0.25) is 0 Å². The number of phenolic OH excluding ortho intramolecular Hbond substituents is 1. The van der Waals surface area contributed by atoms with Crippen molar-refractivity contribution < 1.29 is 5.11 Å². The number of allylic oxidation sites excluding steroid dienone is 2. The highest BCUT2D eigenvalue weighted by Crippen LogP contribution is 2.33. The fraction of sp³-hybridized carbons (Fsp3) is 0.529. The highest BCUT2D eigenvalue weighted by Gasteiger charge is 2.15. The van der Waals surface area contributed by atoms with Gasteiger partial charge in [-0.1, -0.05) is 32.3 Å². The van der Waals surface area contributed by atoms with E-state index in [2.05, 4.69) is 6.92 Å². The summed E-state index contributed by atoms with van der Waals surface area (Å²) in [7, 11) is 0. The minimum Gasteiger partial charge on any atom is -0.508 e. The summed E-state index contributed by atoms with van der Waals surface area (Å²) in [6.45, 7) is 2.23. The molecule has 0 saturated carbocycles. The molecule has 0 amide bonds. The van der Waals surface area contributed by atoms with Crippen LogP contribution in [0.3, 0.4) is 0 Å². The van der Waals surface area contributed by atoms with Gasteiger partial charge in [0.25, 0.3) is 0 Å². The SMILES string of the molecule is CCCCCCC1=C(N)CCCc2cc(O)ccc21. The summed E-state index contributed by atoms with van der Waals surface area (Å²) in [4.78, 5) is 0. The zero-order chi connectivity index (χ0) is 13.7. The fourth-order valence-corrected chi connectivity index (χ4v) is 2.90. The molecule has 2 rings (SSSR count). The quantitative estimate of drug-likeness (QED) is 0.771. The van der Waals surface area contributed by atoms with E-state index in [9.17, 15) is 5.11 Å². The molecule has 0 radical (unpaired) electrons. The molecule has 1 aromatic carbocycles. The van der Waals surface area contributed by atoms with Crippen LogP contribution in [0.4, 0.5) is 0 Å². The number of hydrogen-bond donors (Lipinski definition) is 2. The molecular weight excluding hydrogens is 234 g/mol. The van der Waals surface area contributed by atoms with E-state index >= 15 is 0 Å². The Morgan fingerprint density at radius 3 is 2.79 bits per heavy atom. The number of aryl methyl sites for hydroxylation is 1. The Kier molecular flexibility index (Phi) is 4.89. The molecule has 1 aromatic rings. The molecule has 3 N–H and O–H groups in total. The Balaban J connectivity index is 2.19. The van der Waals surface area contributed by atoms with E-state index in [4.69, 9.17) is 5.73 Å². The first-order chi connectivity index (χ1) is 9.22. The summed E-state index contributed by atoms with van der Waals surface area (Å²) < 4.78 is 0. The third-order valence-corrected chi connectivity index (χ3v) is 3.97. The molecule has 0 unspecified atom stereocenters. The minimum absolute atomic E-state index is 0.365. The topological polar surface area (TPSA) is 46.2 Å². The van der Waals surface area contributed by atoms with Gasteiger partial charge in [0.15, 0.2) is 0 Å². The first-order valence-electron chi connectivity index (χ1n) is 7.52. The summed E-state index contributed by atoms with van der Waals surface area (Å²) in [5, 5.41) is 9.63. The van der Waals surface area contributed by atoms with Crippen molar-refractivity contribution in [2.45, 2.75) is 58.3 Å². The van der Waals surface area contributed by atoms with Crippen LogP contribution in [0, 0.1) is 0 Å². The van der Waals surface area contributed by atoms with Gasteiger partial charge in [-0.3, -0.25) is 0 Å². The first-order valence-corrected chi connectivity index (χ1v) is 7.52. The smallest absolute Gasteiger partial charge is 0.115 e. The second-order valence-corrected chi connectivity index (χ2v) is 5.51. The average molecular weight is 259 g/mol. The van der Waals surface area contributed by atoms with E-state index in [1.54, 1.807) is 6.07 Å². The molecule has 0 aromatic heterocycles. The molecule has 1 aliphatic carbocycles. The molecule has 1 aliphatic rings. The summed E-state index contributed by atoms with van der Waals surface area (Å²) in [5.41, 5.74) is 11.2. The summed E-state index contributed by atoms with van der Waals surface area (Å²) in [6.07, 6.45) is 9.21. The van der Waals surface area contributed by atoms with Crippen molar-refractivity contribution in [3.63, 3.8) is 0 Å². The normalized spacial score (nSPS) is 15.2. The van der Waals surface area contributed by atoms with Crippen molar-refractivity contribution in [2.24, 2.45) is 5.73 Å². The van der Waals surface area contributed by atoms with Gasteiger partial charge in [0.1, 0.15) is 5.75 Å².